The molecular weight excluding hydrogens is 248 g/mol. The third-order valence-electron chi connectivity index (χ3n) is 3.37. The summed E-state index contributed by atoms with van der Waals surface area (Å²) in [5.74, 6) is 0.141. The fourth-order valence-electron chi connectivity index (χ4n) is 2.41. The van der Waals surface area contributed by atoms with E-state index in [9.17, 15) is 8.42 Å². The van der Waals surface area contributed by atoms with Crippen molar-refractivity contribution in [2.75, 3.05) is 23.7 Å². The van der Waals surface area contributed by atoms with Crippen LogP contribution in [-0.2, 0) is 16.4 Å². The fourth-order valence-corrected chi connectivity index (χ4v) is 4.20. The third-order valence-corrected chi connectivity index (χ3v) is 5.25. The number of anilines is 1. The van der Waals surface area contributed by atoms with Crippen LogP contribution < -0.4 is 9.62 Å². The van der Waals surface area contributed by atoms with Gasteiger partial charge in [-0.1, -0.05) is 18.2 Å². The summed E-state index contributed by atoms with van der Waals surface area (Å²) in [6, 6.07) is 7.83. The first-order valence-electron chi connectivity index (χ1n) is 6.31. The molecule has 0 fully saturated rings. The highest BCUT2D eigenvalue weighted by molar-refractivity contribution is 7.92. The molecule has 2 rings (SSSR count). The van der Waals surface area contributed by atoms with E-state index >= 15 is 0 Å². The molecule has 5 heteroatoms. The highest BCUT2D eigenvalue weighted by atomic mass is 32.2. The number of para-hydroxylation sites is 1. The lowest BCUT2D eigenvalue weighted by atomic mass is 9.99. The Morgan fingerprint density at radius 1 is 1.39 bits per heavy atom. The third kappa shape index (κ3) is 2.52. The molecule has 0 saturated heterocycles. The minimum Gasteiger partial charge on any atom is -0.319 e. The summed E-state index contributed by atoms with van der Waals surface area (Å²) >= 11 is 0. The van der Waals surface area contributed by atoms with Gasteiger partial charge in [-0.3, -0.25) is 4.31 Å². The van der Waals surface area contributed by atoms with Gasteiger partial charge < -0.3 is 5.32 Å². The van der Waals surface area contributed by atoms with Gasteiger partial charge in [0, 0.05) is 12.6 Å². The molecule has 1 aliphatic rings. The largest absolute Gasteiger partial charge is 0.319 e. The van der Waals surface area contributed by atoms with E-state index in [0.717, 1.165) is 24.1 Å². The summed E-state index contributed by atoms with van der Waals surface area (Å²) < 4.78 is 26.4. The molecule has 1 atom stereocenters. The zero-order valence-corrected chi connectivity index (χ0v) is 11.7. The van der Waals surface area contributed by atoms with Gasteiger partial charge in [-0.15, -0.1) is 0 Å². The number of hydrogen-bond acceptors (Lipinski definition) is 3. The van der Waals surface area contributed by atoms with Crippen LogP contribution >= 0.6 is 0 Å². The Labute approximate surface area is 109 Å². The molecule has 1 unspecified atom stereocenters. The topological polar surface area (TPSA) is 49.4 Å². The van der Waals surface area contributed by atoms with Crippen LogP contribution in [0.5, 0.6) is 0 Å². The van der Waals surface area contributed by atoms with Gasteiger partial charge in [0.1, 0.15) is 0 Å². The summed E-state index contributed by atoms with van der Waals surface area (Å²) in [6.07, 6.45) is 1.84. The summed E-state index contributed by atoms with van der Waals surface area (Å²) in [4.78, 5) is 0. The Hall–Kier alpha value is -1.07. The van der Waals surface area contributed by atoms with E-state index in [2.05, 4.69) is 5.32 Å². The van der Waals surface area contributed by atoms with Crippen molar-refractivity contribution >= 4 is 15.7 Å². The number of hydrogen-bond donors (Lipinski definition) is 1. The monoisotopic (exact) mass is 268 g/mol. The number of rotatable bonds is 4. The van der Waals surface area contributed by atoms with Crippen molar-refractivity contribution in [3.05, 3.63) is 29.8 Å². The molecule has 0 aliphatic carbocycles. The number of aryl methyl sites for hydroxylation is 1. The maximum Gasteiger partial charge on any atom is 0.236 e. The molecule has 0 spiro atoms. The van der Waals surface area contributed by atoms with Gasteiger partial charge in [0.15, 0.2) is 0 Å². The lowest BCUT2D eigenvalue weighted by molar-refractivity contribution is 0.561. The first-order valence-corrected chi connectivity index (χ1v) is 7.92. The molecule has 0 aromatic heterocycles. The van der Waals surface area contributed by atoms with Crippen LogP contribution in [0.2, 0.25) is 0 Å². The molecule has 0 amide bonds. The van der Waals surface area contributed by atoms with E-state index in [-0.39, 0.29) is 11.8 Å². The Morgan fingerprint density at radius 3 is 2.83 bits per heavy atom. The molecule has 1 aromatic rings. The van der Waals surface area contributed by atoms with Gasteiger partial charge in [0.25, 0.3) is 0 Å². The van der Waals surface area contributed by atoms with Gasteiger partial charge in [0.05, 0.1) is 11.4 Å². The molecule has 1 N–H and O–H groups in total. The smallest absolute Gasteiger partial charge is 0.236 e. The zero-order valence-electron chi connectivity index (χ0n) is 10.9. The van der Waals surface area contributed by atoms with Crippen molar-refractivity contribution in [3.63, 3.8) is 0 Å². The lowest BCUT2D eigenvalue weighted by Gasteiger charge is -2.36. The van der Waals surface area contributed by atoms with Crippen LogP contribution in [0.3, 0.4) is 0 Å². The van der Waals surface area contributed by atoms with Crippen LogP contribution in [0.4, 0.5) is 5.69 Å². The average Bonchev–Trinajstić information content (AvgIpc) is 2.36. The Morgan fingerprint density at radius 2 is 2.11 bits per heavy atom. The summed E-state index contributed by atoms with van der Waals surface area (Å²) in [7, 11) is -1.47. The van der Waals surface area contributed by atoms with Crippen molar-refractivity contribution < 1.29 is 8.42 Å². The van der Waals surface area contributed by atoms with E-state index in [1.807, 2.05) is 31.2 Å². The van der Waals surface area contributed by atoms with E-state index in [0.29, 0.717) is 6.54 Å². The number of nitrogens with zero attached hydrogens (tertiary/aromatic N) is 1. The molecule has 1 aromatic carbocycles. The second kappa shape index (κ2) is 5.28. The second-order valence-corrected chi connectivity index (χ2v) is 6.70. The molecular formula is C13H20N2O2S. The minimum absolute atomic E-state index is 0.0433. The predicted octanol–water partition coefficient (Wildman–Crippen LogP) is 1.38. The van der Waals surface area contributed by atoms with Gasteiger partial charge in [-0.05, 0) is 38.4 Å². The van der Waals surface area contributed by atoms with Gasteiger partial charge in [-0.25, -0.2) is 8.42 Å². The van der Waals surface area contributed by atoms with E-state index in [1.54, 1.807) is 11.4 Å². The molecule has 100 valence electrons. The fraction of sp³-hybridized carbons (Fsp3) is 0.538. The molecule has 18 heavy (non-hydrogen) atoms. The first kappa shape index (κ1) is 13.4. The standard InChI is InChI=1S/C13H20N2O2S/c1-11-7-8-12-5-3-4-6-13(12)15(11)18(16,17)10-9-14-2/h3-6,11,14H,7-10H2,1-2H3. The van der Waals surface area contributed by atoms with Crippen molar-refractivity contribution in [1.29, 1.82) is 0 Å². The molecule has 0 radical (unpaired) electrons. The maximum atomic E-state index is 12.4. The molecule has 1 heterocycles. The average molecular weight is 268 g/mol. The number of sulfonamides is 1. The van der Waals surface area contributed by atoms with E-state index in [1.165, 1.54) is 0 Å². The highest BCUT2D eigenvalue weighted by Crippen LogP contribution is 2.32. The number of benzene rings is 1. The van der Waals surface area contributed by atoms with Crippen LogP contribution in [0.15, 0.2) is 24.3 Å². The molecule has 4 nitrogen and oxygen atoms in total. The van der Waals surface area contributed by atoms with Gasteiger partial charge >= 0.3 is 0 Å². The predicted molar refractivity (Wildman–Crippen MR) is 74.4 cm³/mol. The Kier molecular flexibility index (Phi) is 3.92. The van der Waals surface area contributed by atoms with Crippen molar-refractivity contribution in [2.24, 2.45) is 0 Å². The SMILES string of the molecule is CNCCS(=O)(=O)N1c2ccccc2CCC1C. The first-order chi connectivity index (χ1) is 8.56. The van der Waals surface area contributed by atoms with Crippen molar-refractivity contribution in [2.45, 2.75) is 25.8 Å². The molecule has 1 aliphatic heterocycles. The van der Waals surface area contributed by atoms with Crippen LogP contribution in [-0.4, -0.2) is 33.8 Å². The molecule has 0 saturated carbocycles. The quantitative estimate of drug-likeness (QED) is 0.897. The van der Waals surface area contributed by atoms with Crippen molar-refractivity contribution in [1.82, 2.24) is 5.32 Å². The lowest BCUT2D eigenvalue weighted by Crippen LogP contribution is -2.44. The van der Waals surface area contributed by atoms with E-state index in [4.69, 9.17) is 0 Å². The second-order valence-electron chi connectivity index (χ2n) is 4.73. The Balaban J connectivity index is 2.37. The van der Waals surface area contributed by atoms with Crippen molar-refractivity contribution in [3.8, 4) is 0 Å². The minimum atomic E-state index is -3.24. The summed E-state index contributed by atoms with van der Waals surface area (Å²) in [5, 5.41) is 2.90. The van der Waals surface area contributed by atoms with Gasteiger partial charge in [-0.2, -0.15) is 0 Å². The van der Waals surface area contributed by atoms with Crippen LogP contribution in [0, 0.1) is 0 Å². The van der Waals surface area contributed by atoms with Crippen LogP contribution in [0.25, 0.3) is 0 Å². The normalized spacial score (nSPS) is 19.7. The Bertz CT molecular complexity index is 513. The highest BCUT2D eigenvalue weighted by Gasteiger charge is 2.31. The molecule has 0 bridgehead atoms. The zero-order chi connectivity index (χ0) is 13.2. The van der Waals surface area contributed by atoms with E-state index < -0.39 is 10.0 Å². The summed E-state index contributed by atoms with van der Waals surface area (Å²) in [6.45, 7) is 2.46. The number of nitrogens with one attached hydrogen (secondary N) is 1. The maximum absolute atomic E-state index is 12.4. The summed E-state index contributed by atoms with van der Waals surface area (Å²) in [5.41, 5.74) is 1.98. The van der Waals surface area contributed by atoms with Gasteiger partial charge in [0.2, 0.25) is 10.0 Å². The van der Waals surface area contributed by atoms with Crippen LogP contribution in [0.1, 0.15) is 18.9 Å². The number of fused-ring (bicyclic) bond motifs is 1.